The molecule has 0 atom stereocenters. The fraction of sp³-hybridized carbons (Fsp3) is 0.846. The van der Waals surface area contributed by atoms with Crippen LogP contribution in [0.4, 0.5) is 0 Å². The van der Waals surface area contributed by atoms with Crippen LogP contribution in [0.3, 0.4) is 0 Å². The predicted octanol–water partition coefficient (Wildman–Crippen LogP) is 3.86. The van der Waals surface area contributed by atoms with E-state index in [1.165, 1.54) is 37.8 Å². The Morgan fingerprint density at radius 2 is 1.79 bits per heavy atom. The summed E-state index contributed by atoms with van der Waals surface area (Å²) in [4.78, 5) is 0. The van der Waals surface area contributed by atoms with Gasteiger partial charge in [-0.3, -0.25) is 0 Å². The lowest BCUT2D eigenvalue weighted by molar-refractivity contribution is 0.358. The van der Waals surface area contributed by atoms with Crippen molar-refractivity contribution in [2.75, 3.05) is 0 Å². The van der Waals surface area contributed by atoms with Gasteiger partial charge >= 0.3 is 0 Å². The van der Waals surface area contributed by atoms with Crippen LogP contribution in [0, 0.1) is 5.41 Å². The summed E-state index contributed by atoms with van der Waals surface area (Å²) in [5, 5.41) is 3.58. The van der Waals surface area contributed by atoms with Crippen molar-refractivity contribution < 1.29 is 0 Å². The molecule has 82 valence electrons. The number of nitrogens with one attached hydrogen (secondary N) is 1. The molecule has 1 rings (SSSR count). The van der Waals surface area contributed by atoms with Crippen LogP contribution < -0.4 is 5.32 Å². The summed E-state index contributed by atoms with van der Waals surface area (Å²) in [6.07, 6.45) is 7.96. The molecular formula is C13H25N. The highest BCUT2D eigenvalue weighted by atomic mass is 14.9. The molecule has 0 spiro atoms. The van der Waals surface area contributed by atoms with Crippen molar-refractivity contribution >= 4 is 0 Å². The van der Waals surface area contributed by atoms with Gasteiger partial charge in [0.2, 0.25) is 0 Å². The first-order valence-electron chi connectivity index (χ1n) is 5.92. The zero-order valence-corrected chi connectivity index (χ0v) is 10.0. The van der Waals surface area contributed by atoms with Gasteiger partial charge in [-0.15, -0.1) is 0 Å². The van der Waals surface area contributed by atoms with Crippen molar-refractivity contribution in [1.82, 2.24) is 5.32 Å². The zero-order valence-electron chi connectivity index (χ0n) is 10.0. The van der Waals surface area contributed by atoms with E-state index < -0.39 is 0 Å². The highest BCUT2D eigenvalue weighted by Crippen LogP contribution is 2.24. The lowest BCUT2D eigenvalue weighted by Crippen LogP contribution is -2.31. The highest BCUT2D eigenvalue weighted by molar-refractivity contribution is 4.97. The average molecular weight is 195 g/mol. The molecule has 1 N–H and O–H groups in total. The van der Waals surface area contributed by atoms with E-state index in [1.54, 1.807) is 0 Å². The van der Waals surface area contributed by atoms with E-state index in [9.17, 15) is 0 Å². The molecule has 14 heavy (non-hydrogen) atoms. The van der Waals surface area contributed by atoms with Gasteiger partial charge in [-0.25, -0.2) is 0 Å². The molecule has 1 nitrogen and oxygen atoms in total. The van der Waals surface area contributed by atoms with Crippen LogP contribution in [0.2, 0.25) is 0 Å². The highest BCUT2D eigenvalue weighted by Gasteiger charge is 2.16. The molecular weight excluding hydrogens is 170 g/mol. The maximum Gasteiger partial charge on any atom is 0.0258 e. The van der Waals surface area contributed by atoms with Gasteiger partial charge in [-0.2, -0.15) is 0 Å². The minimum Gasteiger partial charge on any atom is -0.386 e. The average Bonchev–Trinajstić information content (AvgIpc) is 2.02. The molecule has 0 aromatic heterocycles. The second-order valence-electron chi connectivity index (χ2n) is 5.82. The van der Waals surface area contributed by atoms with Crippen molar-refractivity contribution in [3.05, 3.63) is 12.3 Å². The van der Waals surface area contributed by atoms with Crippen molar-refractivity contribution in [1.29, 1.82) is 0 Å². The molecule has 0 unspecified atom stereocenters. The predicted molar refractivity (Wildman–Crippen MR) is 63.2 cm³/mol. The van der Waals surface area contributed by atoms with Gasteiger partial charge < -0.3 is 5.32 Å². The summed E-state index contributed by atoms with van der Waals surface area (Å²) in [6, 6.07) is 0.707. The third kappa shape index (κ3) is 4.69. The largest absolute Gasteiger partial charge is 0.386 e. The molecule has 1 aliphatic carbocycles. The summed E-state index contributed by atoms with van der Waals surface area (Å²) in [5.41, 5.74) is 1.59. The fourth-order valence-corrected chi connectivity index (χ4v) is 2.23. The number of hydrogen-bond donors (Lipinski definition) is 1. The molecule has 0 aromatic rings. The van der Waals surface area contributed by atoms with Gasteiger partial charge in [0.1, 0.15) is 0 Å². The van der Waals surface area contributed by atoms with Gasteiger partial charge in [0.05, 0.1) is 0 Å². The first kappa shape index (κ1) is 11.6. The van der Waals surface area contributed by atoms with E-state index in [4.69, 9.17) is 0 Å². The Balaban J connectivity index is 2.25. The molecule has 0 amide bonds. The molecule has 0 radical (unpaired) electrons. The van der Waals surface area contributed by atoms with Crippen LogP contribution in [-0.4, -0.2) is 6.04 Å². The SMILES string of the molecule is C=C(CC(C)(C)C)NC1CCCCC1. The minimum absolute atomic E-state index is 0.360. The number of allylic oxidation sites excluding steroid dienone is 1. The van der Waals surface area contributed by atoms with Gasteiger partial charge in [-0.1, -0.05) is 46.6 Å². The molecule has 1 heteroatoms. The molecule has 0 saturated heterocycles. The summed E-state index contributed by atoms with van der Waals surface area (Å²) in [7, 11) is 0. The molecule has 0 aliphatic heterocycles. The maximum absolute atomic E-state index is 4.12. The fourth-order valence-electron chi connectivity index (χ4n) is 2.23. The van der Waals surface area contributed by atoms with E-state index in [1.807, 2.05) is 0 Å². The Labute approximate surface area is 89.0 Å². The van der Waals surface area contributed by atoms with E-state index in [0.29, 0.717) is 11.5 Å². The maximum atomic E-state index is 4.12. The number of rotatable bonds is 3. The lowest BCUT2D eigenvalue weighted by Gasteiger charge is -2.28. The molecule has 1 aliphatic rings. The Morgan fingerprint density at radius 1 is 1.21 bits per heavy atom. The second kappa shape index (κ2) is 4.86. The van der Waals surface area contributed by atoms with Crippen LogP contribution in [0.15, 0.2) is 12.3 Å². The Bertz CT molecular complexity index is 182. The van der Waals surface area contributed by atoms with Crippen LogP contribution >= 0.6 is 0 Å². The van der Waals surface area contributed by atoms with Crippen LogP contribution in [0.25, 0.3) is 0 Å². The molecule has 1 saturated carbocycles. The minimum atomic E-state index is 0.360. The Kier molecular flexibility index (Phi) is 4.03. The van der Waals surface area contributed by atoms with E-state index in [0.717, 1.165) is 6.42 Å². The van der Waals surface area contributed by atoms with Crippen LogP contribution in [-0.2, 0) is 0 Å². The Hall–Kier alpha value is -0.460. The molecule has 1 fully saturated rings. The zero-order chi connectivity index (χ0) is 10.6. The van der Waals surface area contributed by atoms with Crippen LogP contribution in [0.5, 0.6) is 0 Å². The molecule has 0 aromatic carbocycles. The molecule has 0 heterocycles. The van der Waals surface area contributed by atoms with Crippen molar-refractivity contribution in [2.45, 2.75) is 65.3 Å². The summed E-state index contributed by atoms with van der Waals surface area (Å²) < 4.78 is 0. The van der Waals surface area contributed by atoms with E-state index >= 15 is 0 Å². The topological polar surface area (TPSA) is 12.0 Å². The van der Waals surface area contributed by atoms with Crippen molar-refractivity contribution in [2.24, 2.45) is 5.41 Å². The van der Waals surface area contributed by atoms with Gasteiger partial charge in [0.25, 0.3) is 0 Å². The van der Waals surface area contributed by atoms with Gasteiger partial charge in [-0.05, 0) is 24.7 Å². The Morgan fingerprint density at radius 3 is 2.29 bits per heavy atom. The smallest absolute Gasteiger partial charge is 0.0258 e. The first-order chi connectivity index (χ1) is 6.47. The normalized spacial score (nSPS) is 19.4. The number of hydrogen-bond acceptors (Lipinski definition) is 1. The standard InChI is InChI=1S/C13H25N/c1-11(10-13(2,3)4)14-12-8-6-5-7-9-12/h12,14H,1,5-10H2,2-4H3. The summed E-state index contributed by atoms with van der Waals surface area (Å²) >= 11 is 0. The third-order valence-electron chi connectivity index (χ3n) is 2.76. The first-order valence-corrected chi connectivity index (χ1v) is 5.92. The quantitative estimate of drug-likeness (QED) is 0.721. The van der Waals surface area contributed by atoms with Crippen molar-refractivity contribution in [3.8, 4) is 0 Å². The summed E-state index contributed by atoms with van der Waals surface area (Å²) in [5.74, 6) is 0. The lowest BCUT2D eigenvalue weighted by atomic mass is 9.89. The second-order valence-corrected chi connectivity index (χ2v) is 5.82. The van der Waals surface area contributed by atoms with Gasteiger partial charge in [0.15, 0.2) is 0 Å². The van der Waals surface area contributed by atoms with Gasteiger partial charge in [0, 0.05) is 11.7 Å². The third-order valence-corrected chi connectivity index (χ3v) is 2.76. The van der Waals surface area contributed by atoms with Crippen LogP contribution in [0.1, 0.15) is 59.3 Å². The van der Waals surface area contributed by atoms with E-state index in [2.05, 4.69) is 32.7 Å². The van der Waals surface area contributed by atoms with E-state index in [-0.39, 0.29) is 0 Å². The molecule has 0 bridgehead atoms. The van der Waals surface area contributed by atoms with Crippen molar-refractivity contribution in [3.63, 3.8) is 0 Å². The monoisotopic (exact) mass is 195 g/mol. The summed E-state index contributed by atoms with van der Waals surface area (Å²) in [6.45, 7) is 10.9.